The Morgan fingerprint density at radius 2 is 1.56 bits per heavy atom. The highest BCUT2D eigenvalue weighted by atomic mass is 35.5. The summed E-state index contributed by atoms with van der Waals surface area (Å²) < 4.78 is 12.0. The number of amides is 3. The van der Waals surface area contributed by atoms with Gasteiger partial charge in [0, 0.05) is 54.6 Å². The maximum absolute atomic E-state index is 15.5. The predicted octanol–water partition coefficient (Wildman–Crippen LogP) is 9.89. The van der Waals surface area contributed by atoms with E-state index in [-0.39, 0.29) is 28.3 Å². The Kier molecular flexibility index (Phi) is 11.0. The average molecular weight is 779 g/mol. The fourth-order valence-corrected chi connectivity index (χ4v) is 8.63. The molecule has 1 aromatic carbocycles. The molecule has 0 bridgehead atoms. The molecule has 11 heteroatoms. The second-order valence-electron chi connectivity index (χ2n) is 17.7. The van der Waals surface area contributed by atoms with Crippen molar-refractivity contribution in [2.24, 2.45) is 10.4 Å². The molecule has 3 aliphatic heterocycles. The molecule has 3 atom stereocenters. The zero-order valence-corrected chi connectivity index (χ0v) is 35.0. The van der Waals surface area contributed by atoms with Gasteiger partial charge >= 0.3 is 12.1 Å². The summed E-state index contributed by atoms with van der Waals surface area (Å²) in [6.07, 6.45) is 11.9. The lowest BCUT2D eigenvalue weighted by atomic mass is 9.69. The lowest BCUT2D eigenvalue weighted by Crippen LogP contribution is -2.62. The highest BCUT2D eigenvalue weighted by molar-refractivity contribution is 6.30. The topological polar surface area (TPSA) is 87.6 Å². The molecular weight excluding hydrogens is 721 g/mol. The summed E-state index contributed by atoms with van der Waals surface area (Å²) >= 11 is 13.0. The van der Waals surface area contributed by atoms with Crippen molar-refractivity contribution in [3.63, 3.8) is 0 Å². The number of carbonyl (C=O) groups excluding carboxylic acids is 2. The Morgan fingerprint density at radius 1 is 0.944 bits per heavy atom. The van der Waals surface area contributed by atoms with Gasteiger partial charge in [0.1, 0.15) is 28.3 Å². The third kappa shape index (κ3) is 7.64. The molecule has 1 aliphatic carbocycles. The van der Waals surface area contributed by atoms with E-state index >= 15 is 4.79 Å². The van der Waals surface area contributed by atoms with E-state index in [4.69, 9.17) is 42.7 Å². The molecular formula is C43H57Cl2N5O4. The minimum Gasteiger partial charge on any atom is -0.493 e. The first kappa shape index (κ1) is 40.1. The van der Waals surface area contributed by atoms with Gasteiger partial charge in [-0.25, -0.2) is 9.59 Å². The van der Waals surface area contributed by atoms with Crippen LogP contribution in [-0.4, -0.2) is 86.9 Å². The van der Waals surface area contributed by atoms with Gasteiger partial charge in [-0.2, -0.15) is 0 Å². The van der Waals surface area contributed by atoms with Gasteiger partial charge in [0.05, 0.1) is 17.5 Å². The molecule has 6 rings (SSSR count). The van der Waals surface area contributed by atoms with E-state index in [0.717, 1.165) is 42.5 Å². The first-order valence-electron chi connectivity index (χ1n) is 19.4. The smallest absolute Gasteiger partial charge is 0.410 e. The number of allylic oxidation sites excluding steroid dienone is 2. The van der Waals surface area contributed by atoms with Crippen LogP contribution in [0.25, 0.3) is 0 Å². The molecule has 2 unspecified atom stereocenters. The molecule has 1 aromatic heterocycles. The lowest BCUT2D eigenvalue weighted by Gasteiger charge is -2.50. The van der Waals surface area contributed by atoms with Crippen LogP contribution >= 0.6 is 23.2 Å². The normalized spacial score (nSPS) is 25.8. The van der Waals surface area contributed by atoms with Crippen LogP contribution in [0.4, 0.5) is 9.59 Å². The zero-order chi connectivity index (χ0) is 39.3. The van der Waals surface area contributed by atoms with Crippen LogP contribution < -0.4 is 4.74 Å². The van der Waals surface area contributed by atoms with Crippen LogP contribution in [0.1, 0.15) is 111 Å². The number of ether oxygens (including phenoxy) is 2. The number of urea groups is 1. The third-order valence-corrected chi connectivity index (χ3v) is 12.5. The minimum atomic E-state index is -0.971. The standard InChI is InChI=1S/C43H57Cl2N5O4/c1-10-53-34-27-35(39(2,3)4)46-28-33(34)36-47-41(8,29-11-15-31(44)16-12-29)42(9,30-13-17-32(45)18-14-30)50(36)37(51)48-23-19-43(20-24-48)21-25-49(26-22-43)38(52)54-40(5,6)7/h11-17,27-28,32H,10,18-26H2,1-9H3/t32?,41-,42?/m0/s1. The largest absolute Gasteiger partial charge is 0.493 e. The van der Waals surface area contributed by atoms with Crippen molar-refractivity contribution in [2.45, 2.75) is 122 Å². The number of carbonyl (C=O) groups is 2. The number of aromatic nitrogens is 1. The van der Waals surface area contributed by atoms with Crippen LogP contribution in [0, 0.1) is 5.41 Å². The number of likely N-dealkylation sites (tertiary alicyclic amines) is 2. The first-order valence-corrected chi connectivity index (χ1v) is 20.2. The number of amidine groups is 1. The second kappa shape index (κ2) is 14.8. The summed E-state index contributed by atoms with van der Waals surface area (Å²) in [4.78, 5) is 44.5. The highest BCUT2D eigenvalue weighted by Gasteiger charge is 2.61. The van der Waals surface area contributed by atoms with Crippen LogP contribution in [0.5, 0.6) is 5.75 Å². The van der Waals surface area contributed by atoms with E-state index in [1.54, 1.807) is 0 Å². The molecule has 3 amide bonds. The molecule has 4 heterocycles. The molecule has 9 nitrogen and oxygen atoms in total. The van der Waals surface area contributed by atoms with E-state index in [0.29, 0.717) is 61.4 Å². The van der Waals surface area contributed by atoms with Crippen LogP contribution in [0.15, 0.2) is 65.3 Å². The van der Waals surface area contributed by atoms with Crippen molar-refractivity contribution < 1.29 is 19.1 Å². The molecule has 2 saturated heterocycles. The Hall–Kier alpha value is -3.56. The number of nitrogens with zero attached hydrogens (tertiary/aromatic N) is 5. The fraction of sp³-hybridized carbons (Fsp3) is 0.581. The number of aliphatic imine (C=N–C) groups is 1. The summed E-state index contributed by atoms with van der Waals surface area (Å²) in [6, 6.07) is 9.65. The van der Waals surface area contributed by atoms with E-state index in [1.165, 1.54) is 0 Å². The van der Waals surface area contributed by atoms with Crippen molar-refractivity contribution in [3.05, 3.63) is 82.2 Å². The average Bonchev–Trinajstić information content (AvgIpc) is 3.35. The van der Waals surface area contributed by atoms with Gasteiger partial charge < -0.3 is 19.3 Å². The summed E-state index contributed by atoms with van der Waals surface area (Å²) in [5, 5.41) is 0.490. The van der Waals surface area contributed by atoms with Gasteiger partial charge in [-0.05, 0) is 102 Å². The van der Waals surface area contributed by atoms with Gasteiger partial charge in [-0.3, -0.25) is 14.9 Å². The maximum atomic E-state index is 15.5. The summed E-state index contributed by atoms with van der Waals surface area (Å²) in [7, 11) is 0. The van der Waals surface area contributed by atoms with Crippen molar-refractivity contribution in [2.75, 3.05) is 32.8 Å². The number of halogens is 2. The number of piperidine rings is 2. The van der Waals surface area contributed by atoms with E-state index < -0.39 is 16.7 Å². The second-order valence-corrected chi connectivity index (χ2v) is 18.7. The number of benzene rings is 1. The molecule has 4 aliphatic rings. The van der Waals surface area contributed by atoms with Gasteiger partial charge in [0.15, 0.2) is 0 Å². The maximum Gasteiger partial charge on any atom is 0.410 e. The SMILES string of the molecule is CCOc1cc(C(C)(C)C)ncc1C1=N[C@@](C)(c2ccc(Cl)cc2)C(C)(C2=CCC(Cl)C=C2)N1C(=O)N1CCC2(CCN(C(=O)OC(C)(C)C)CC2)CC1. The number of pyridine rings is 1. The molecule has 2 fully saturated rings. The van der Waals surface area contributed by atoms with Crippen molar-refractivity contribution >= 4 is 41.2 Å². The van der Waals surface area contributed by atoms with Gasteiger partial charge in [0.2, 0.25) is 0 Å². The Bertz CT molecular complexity index is 1830. The summed E-state index contributed by atoms with van der Waals surface area (Å²) in [5.74, 6) is 1.16. The van der Waals surface area contributed by atoms with E-state index in [2.05, 4.69) is 46.8 Å². The quantitative estimate of drug-likeness (QED) is 0.282. The zero-order valence-electron chi connectivity index (χ0n) is 33.5. The number of hydrogen-bond donors (Lipinski definition) is 0. The Morgan fingerprint density at radius 3 is 2.09 bits per heavy atom. The molecule has 0 N–H and O–H groups in total. The molecule has 2 aromatic rings. The third-order valence-electron chi connectivity index (χ3n) is 11.9. The van der Waals surface area contributed by atoms with Crippen molar-refractivity contribution in [1.82, 2.24) is 19.7 Å². The molecule has 54 heavy (non-hydrogen) atoms. The van der Waals surface area contributed by atoms with Crippen molar-refractivity contribution in [3.8, 4) is 5.75 Å². The molecule has 0 saturated carbocycles. The number of rotatable bonds is 5. The molecule has 1 spiro atoms. The van der Waals surface area contributed by atoms with Gasteiger partial charge in [-0.1, -0.05) is 62.7 Å². The minimum absolute atomic E-state index is 0.0667. The monoisotopic (exact) mass is 777 g/mol. The van der Waals surface area contributed by atoms with Crippen molar-refractivity contribution in [1.29, 1.82) is 0 Å². The molecule has 0 radical (unpaired) electrons. The van der Waals surface area contributed by atoms with Crippen LogP contribution in [-0.2, 0) is 15.7 Å². The van der Waals surface area contributed by atoms with Crippen LogP contribution in [0.3, 0.4) is 0 Å². The number of alkyl halides is 1. The lowest BCUT2D eigenvalue weighted by molar-refractivity contribution is -0.000525. The van der Waals surface area contributed by atoms with Crippen LogP contribution in [0.2, 0.25) is 5.02 Å². The van der Waals surface area contributed by atoms with E-state index in [9.17, 15) is 4.79 Å². The number of hydrogen-bond acceptors (Lipinski definition) is 6. The first-order chi connectivity index (χ1) is 25.3. The van der Waals surface area contributed by atoms with E-state index in [1.807, 2.05) is 85.0 Å². The van der Waals surface area contributed by atoms with Gasteiger partial charge in [-0.15, -0.1) is 11.6 Å². The highest BCUT2D eigenvalue weighted by Crippen LogP contribution is 2.53. The summed E-state index contributed by atoms with van der Waals surface area (Å²) in [5.41, 5.74) is 0.859. The summed E-state index contributed by atoms with van der Waals surface area (Å²) in [6.45, 7) is 21.2. The predicted molar refractivity (Wildman–Crippen MR) is 217 cm³/mol. The Balaban J connectivity index is 1.40. The fourth-order valence-electron chi connectivity index (χ4n) is 8.34. The van der Waals surface area contributed by atoms with Gasteiger partial charge in [0.25, 0.3) is 0 Å². The Labute approximate surface area is 331 Å². The molecule has 292 valence electrons.